The van der Waals surface area contributed by atoms with Gasteiger partial charge in [-0.1, -0.05) is 51.0 Å². The third kappa shape index (κ3) is 6.48. The van der Waals surface area contributed by atoms with Gasteiger partial charge in [0.1, 0.15) is 6.61 Å². The minimum absolute atomic E-state index is 0.175. The van der Waals surface area contributed by atoms with Gasteiger partial charge in [-0.3, -0.25) is 9.69 Å². The second kappa shape index (κ2) is 9.91. The van der Waals surface area contributed by atoms with Gasteiger partial charge in [-0.15, -0.1) is 0 Å². The summed E-state index contributed by atoms with van der Waals surface area (Å²) in [5.74, 6) is 3.84. The predicted molar refractivity (Wildman–Crippen MR) is 113 cm³/mol. The molecule has 0 heterocycles. The van der Waals surface area contributed by atoms with Crippen molar-refractivity contribution < 1.29 is 9.53 Å². The molecule has 3 nitrogen and oxygen atoms in total. The zero-order valence-corrected chi connectivity index (χ0v) is 18.6. The largest absolute Gasteiger partial charge is 0.465 e. The van der Waals surface area contributed by atoms with Crippen molar-refractivity contribution in [3.05, 3.63) is 23.3 Å². The first-order chi connectivity index (χ1) is 12.7. The van der Waals surface area contributed by atoms with Crippen molar-refractivity contribution in [3.63, 3.8) is 0 Å². The fourth-order valence-electron chi connectivity index (χ4n) is 5.50. The highest BCUT2D eigenvalue weighted by Crippen LogP contribution is 2.36. The summed E-state index contributed by atoms with van der Waals surface area (Å²) in [5, 5.41) is 0. The molecule has 0 N–H and O–H groups in total. The predicted octanol–water partition coefficient (Wildman–Crippen LogP) is 5.33. The monoisotopic (exact) mass is 375 g/mol. The maximum absolute atomic E-state index is 11.2. The van der Waals surface area contributed by atoms with Gasteiger partial charge in [0.2, 0.25) is 0 Å². The van der Waals surface area contributed by atoms with Gasteiger partial charge in [0, 0.05) is 26.6 Å². The Hall–Kier alpha value is -1.09. The molecule has 0 aliphatic heterocycles. The van der Waals surface area contributed by atoms with Crippen LogP contribution >= 0.6 is 0 Å². The van der Waals surface area contributed by atoms with Gasteiger partial charge in [-0.05, 0) is 62.2 Å². The lowest BCUT2D eigenvalue weighted by Gasteiger charge is -2.41. The van der Waals surface area contributed by atoms with Crippen LogP contribution < -0.4 is 0 Å². The van der Waals surface area contributed by atoms with E-state index in [1.54, 1.807) is 0 Å². The molecule has 0 radical (unpaired) electrons. The third-order valence-corrected chi connectivity index (χ3v) is 6.85. The van der Waals surface area contributed by atoms with Crippen molar-refractivity contribution >= 4 is 5.97 Å². The smallest absolute Gasteiger partial charge is 0.302 e. The van der Waals surface area contributed by atoms with Gasteiger partial charge < -0.3 is 4.74 Å². The Bertz CT molecular complexity index is 525. The Labute approximate surface area is 167 Å². The zero-order chi connectivity index (χ0) is 20.1. The van der Waals surface area contributed by atoms with Gasteiger partial charge >= 0.3 is 5.97 Å². The van der Waals surface area contributed by atoms with Crippen LogP contribution in [-0.4, -0.2) is 37.1 Å². The second-order valence-corrected chi connectivity index (χ2v) is 9.53. The SMILES string of the molecule is CC(=O)OCCN(C[C@@H]1[C@@H](C)C=C(C)C[C@@H]1C)C[C@H]1[C@@H](C)C=C(C)C[C@@H]1C. The molecule has 0 aromatic carbocycles. The van der Waals surface area contributed by atoms with Crippen molar-refractivity contribution in [3.8, 4) is 0 Å². The van der Waals surface area contributed by atoms with Crippen LogP contribution in [0.4, 0.5) is 0 Å². The number of nitrogens with zero attached hydrogens (tertiary/aromatic N) is 1. The zero-order valence-electron chi connectivity index (χ0n) is 18.6. The van der Waals surface area contributed by atoms with Gasteiger partial charge in [-0.2, -0.15) is 0 Å². The van der Waals surface area contributed by atoms with Crippen molar-refractivity contribution in [2.24, 2.45) is 35.5 Å². The van der Waals surface area contributed by atoms with E-state index in [0.717, 1.165) is 19.6 Å². The topological polar surface area (TPSA) is 29.5 Å². The summed E-state index contributed by atoms with van der Waals surface area (Å²) >= 11 is 0. The first-order valence-corrected chi connectivity index (χ1v) is 10.9. The van der Waals surface area contributed by atoms with Crippen LogP contribution in [0.1, 0.15) is 61.3 Å². The molecule has 0 unspecified atom stereocenters. The standard InChI is InChI=1S/C24H41NO2/c1-16-10-18(3)23(19(4)11-16)14-25(8-9-27-22(7)26)15-24-20(5)12-17(2)13-21(24)6/h10,12,18-21,23-24H,8-9,11,13-15H2,1-7H3/t18-,19-,20-,21-,23-,24+/m0/s1. The van der Waals surface area contributed by atoms with Gasteiger partial charge in [-0.25, -0.2) is 0 Å². The Morgan fingerprint density at radius 1 is 0.963 bits per heavy atom. The number of carbonyl (C=O) groups is 1. The maximum atomic E-state index is 11.2. The first-order valence-electron chi connectivity index (χ1n) is 10.9. The Kier molecular flexibility index (Phi) is 8.15. The van der Waals surface area contributed by atoms with Crippen molar-refractivity contribution in [2.75, 3.05) is 26.2 Å². The van der Waals surface area contributed by atoms with E-state index in [-0.39, 0.29) is 5.97 Å². The number of ether oxygens (including phenoxy) is 1. The number of rotatable bonds is 7. The molecular formula is C24H41NO2. The lowest BCUT2D eigenvalue weighted by atomic mass is 9.73. The van der Waals surface area contributed by atoms with E-state index in [0.29, 0.717) is 42.1 Å². The average molecular weight is 376 g/mol. The summed E-state index contributed by atoms with van der Waals surface area (Å²) in [7, 11) is 0. The molecule has 6 atom stereocenters. The fraction of sp³-hybridized carbons (Fsp3) is 0.792. The summed E-state index contributed by atoms with van der Waals surface area (Å²) in [4.78, 5) is 13.8. The molecule has 2 aliphatic rings. The molecule has 0 bridgehead atoms. The van der Waals surface area contributed by atoms with E-state index in [1.165, 1.54) is 30.9 Å². The number of hydrogen-bond donors (Lipinski definition) is 0. The van der Waals surface area contributed by atoms with Crippen LogP contribution in [0.3, 0.4) is 0 Å². The summed E-state index contributed by atoms with van der Waals surface area (Å²) in [6.45, 7) is 19.1. The molecule has 3 heteroatoms. The van der Waals surface area contributed by atoms with E-state index in [2.05, 4.69) is 58.6 Å². The van der Waals surface area contributed by atoms with Crippen molar-refractivity contribution in [2.45, 2.75) is 61.3 Å². The van der Waals surface area contributed by atoms with Crippen LogP contribution in [0.5, 0.6) is 0 Å². The molecule has 0 fully saturated rings. The molecule has 2 rings (SSSR count). The highest BCUT2D eigenvalue weighted by atomic mass is 16.5. The molecule has 0 aromatic heterocycles. The maximum Gasteiger partial charge on any atom is 0.302 e. The Balaban J connectivity index is 2.07. The van der Waals surface area contributed by atoms with Crippen LogP contribution in [0.2, 0.25) is 0 Å². The molecule has 0 spiro atoms. The quantitative estimate of drug-likeness (QED) is 0.445. The molecule has 27 heavy (non-hydrogen) atoms. The lowest BCUT2D eigenvalue weighted by Crippen LogP contribution is -2.43. The first kappa shape index (κ1) is 22.2. The number of esters is 1. The number of allylic oxidation sites excluding steroid dienone is 4. The highest BCUT2D eigenvalue weighted by Gasteiger charge is 2.32. The van der Waals surface area contributed by atoms with E-state index in [1.807, 2.05) is 0 Å². The van der Waals surface area contributed by atoms with Crippen LogP contribution in [0.25, 0.3) is 0 Å². The fourth-order valence-corrected chi connectivity index (χ4v) is 5.50. The molecule has 2 aliphatic carbocycles. The Morgan fingerprint density at radius 2 is 1.41 bits per heavy atom. The summed E-state index contributed by atoms with van der Waals surface area (Å²) in [6, 6.07) is 0. The van der Waals surface area contributed by atoms with Crippen LogP contribution in [-0.2, 0) is 9.53 Å². The van der Waals surface area contributed by atoms with E-state index < -0.39 is 0 Å². The lowest BCUT2D eigenvalue weighted by molar-refractivity contribution is -0.141. The molecule has 0 saturated carbocycles. The van der Waals surface area contributed by atoms with E-state index in [4.69, 9.17) is 4.74 Å². The number of carbonyl (C=O) groups excluding carboxylic acids is 1. The van der Waals surface area contributed by atoms with E-state index in [9.17, 15) is 4.79 Å². The summed E-state index contributed by atoms with van der Waals surface area (Å²) < 4.78 is 5.29. The number of hydrogen-bond acceptors (Lipinski definition) is 3. The Morgan fingerprint density at radius 3 is 1.78 bits per heavy atom. The molecule has 154 valence electrons. The minimum Gasteiger partial charge on any atom is -0.465 e. The van der Waals surface area contributed by atoms with Gasteiger partial charge in [0.05, 0.1) is 0 Å². The highest BCUT2D eigenvalue weighted by molar-refractivity contribution is 5.65. The molecule has 0 saturated heterocycles. The molecule has 0 amide bonds. The third-order valence-electron chi connectivity index (χ3n) is 6.85. The van der Waals surface area contributed by atoms with Crippen molar-refractivity contribution in [1.29, 1.82) is 0 Å². The molecular weight excluding hydrogens is 334 g/mol. The second-order valence-electron chi connectivity index (χ2n) is 9.53. The van der Waals surface area contributed by atoms with Crippen molar-refractivity contribution in [1.82, 2.24) is 4.90 Å². The van der Waals surface area contributed by atoms with Crippen LogP contribution in [0.15, 0.2) is 23.3 Å². The normalized spacial score (nSPS) is 34.2. The van der Waals surface area contributed by atoms with E-state index >= 15 is 0 Å². The summed E-state index contributed by atoms with van der Waals surface area (Å²) in [6.07, 6.45) is 7.36. The van der Waals surface area contributed by atoms with Crippen LogP contribution in [0, 0.1) is 35.5 Å². The van der Waals surface area contributed by atoms with Gasteiger partial charge in [0.25, 0.3) is 0 Å². The average Bonchev–Trinajstić information content (AvgIpc) is 2.53. The summed E-state index contributed by atoms with van der Waals surface area (Å²) in [5.41, 5.74) is 3.07. The van der Waals surface area contributed by atoms with Gasteiger partial charge in [0.15, 0.2) is 0 Å². The minimum atomic E-state index is -0.175. The molecule has 0 aromatic rings.